The second kappa shape index (κ2) is 34.9. The SMILES string of the molecule is CO[C@@H](Cc1ccccc1)[C@@H](C)/C=C(C)/C=C/[C@@H]1NC(=O)[C@H](CCCN=C(N)N)NC(=O)[C@@H](C)[C@H](C(=O)O)NC(=O)[C@H](CC(C)C)NC(=O)[C@@H](CC(C)C)NC(=O)C(CS(=O)C[C@H](N)C(=O)O)N(C)C(=O)CC[C@H](C(=O)O)NC(=O)[C@H]1C. The average molecular weight is 1170 g/mol. The quantitative estimate of drug-likeness (QED) is 0.0306. The van der Waals surface area contributed by atoms with Gasteiger partial charge in [-0.15, -0.1) is 0 Å². The van der Waals surface area contributed by atoms with E-state index in [1.54, 1.807) is 47.8 Å². The number of methoxy groups -OCH3 is 1. The molecule has 1 aliphatic heterocycles. The number of carboxylic acids is 3. The Morgan fingerprint density at radius 1 is 0.780 bits per heavy atom. The van der Waals surface area contributed by atoms with Crippen LogP contribution in [0.3, 0.4) is 0 Å². The molecule has 1 aromatic carbocycles. The van der Waals surface area contributed by atoms with Gasteiger partial charge >= 0.3 is 17.9 Å². The van der Waals surface area contributed by atoms with Gasteiger partial charge in [-0.2, -0.15) is 0 Å². The third-order valence-corrected chi connectivity index (χ3v) is 15.1. The van der Waals surface area contributed by atoms with Crippen LogP contribution in [-0.2, 0) is 69.9 Å². The fourth-order valence-electron chi connectivity index (χ4n) is 8.82. The Labute approximate surface area is 481 Å². The summed E-state index contributed by atoms with van der Waals surface area (Å²) >= 11 is 0. The maximum Gasteiger partial charge on any atom is 0.327 e. The van der Waals surface area contributed by atoms with Gasteiger partial charge in [0.15, 0.2) is 5.96 Å². The van der Waals surface area contributed by atoms with Crippen LogP contribution in [0.25, 0.3) is 0 Å². The smallest absolute Gasteiger partial charge is 0.327 e. The van der Waals surface area contributed by atoms with E-state index in [-0.39, 0.29) is 62.0 Å². The predicted octanol–water partition coefficient (Wildman–Crippen LogP) is -0.340. The minimum atomic E-state index is -2.20. The van der Waals surface area contributed by atoms with Crippen LogP contribution in [0.15, 0.2) is 59.1 Å². The van der Waals surface area contributed by atoms with Gasteiger partial charge in [0, 0.05) is 49.6 Å². The molecule has 2 rings (SSSR count). The first kappa shape index (κ1) is 70.8. The lowest BCUT2D eigenvalue weighted by Gasteiger charge is -2.31. The first-order valence-electron chi connectivity index (χ1n) is 27.2. The van der Waals surface area contributed by atoms with Crippen LogP contribution in [-0.4, -0.2) is 176 Å². The standard InChI is InChI=1S/C55H87N11O15S/c1-29(2)23-40-49(71)63-41(24-30(3)4)50(72)65-45(54(78)79)34(8)47(69)61-38(17-14-22-59-55(57)58)48(70)60-37(19-18-31(5)25-32(6)43(81-10)26-35-15-12-11-13-16-35)33(7)46(68)62-39(53(76)77)20-21-44(67)66(9)42(51(73)64-40)28-82(80)27-36(56)52(74)75/h11-13,15-16,18-19,25,29-30,32-34,36-43,45H,14,17,20-24,26-28,56H2,1-10H3,(H,60,70)(H,61,69)(H,62,68)(H,63,71)(H,64,73)(H,65,72)(H,74,75)(H,76,77)(H,78,79)(H4,57,58,59)/b19-18+,31-25+/t32-,33-,34-,36-,37-,38-,39+,40+,41-,42?,43-,45+,82?/m0/s1. The number of carbonyl (C=O) groups is 10. The van der Waals surface area contributed by atoms with Crippen molar-refractivity contribution in [2.24, 2.45) is 51.8 Å². The van der Waals surface area contributed by atoms with Crippen molar-refractivity contribution in [1.29, 1.82) is 0 Å². The number of benzene rings is 1. The molecule has 2 unspecified atom stereocenters. The maximum absolute atomic E-state index is 14.5. The van der Waals surface area contributed by atoms with E-state index in [1.165, 1.54) is 19.9 Å². The number of aliphatic carboxylic acids is 3. The minimum Gasteiger partial charge on any atom is -0.480 e. The molecule has 26 nitrogen and oxygen atoms in total. The normalized spacial score (nSPS) is 25.2. The number of guanidine groups is 1. The van der Waals surface area contributed by atoms with Crippen LogP contribution in [0.2, 0.25) is 0 Å². The fourth-order valence-corrected chi connectivity index (χ4v) is 10.2. The molecule has 0 radical (unpaired) electrons. The molecule has 82 heavy (non-hydrogen) atoms. The summed E-state index contributed by atoms with van der Waals surface area (Å²) in [5.41, 5.74) is 18.4. The summed E-state index contributed by atoms with van der Waals surface area (Å²) in [5.74, 6) is -16.7. The number of rotatable bonds is 22. The number of ether oxygens (including phenoxy) is 1. The number of nitrogens with zero attached hydrogens (tertiary/aromatic N) is 2. The van der Waals surface area contributed by atoms with Crippen LogP contribution in [0.4, 0.5) is 0 Å². The van der Waals surface area contributed by atoms with Crippen LogP contribution in [0.1, 0.15) is 99.5 Å². The summed E-state index contributed by atoms with van der Waals surface area (Å²) < 4.78 is 19.3. The van der Waals surface area contributed by atoms with E-state index in [0.29, 0.717) is 12.0 Å². The number of amides is 7. The Morgan fingerprint density at radius 3 is 1.87 bits per heavy atom. The van der Waals surface area contributed by atoms with Gasteiger partial charge in [0.2, 0.25) is 41.4 Å². The number of carbonyl (C=O) groups excluding carboxylic acids is 7. The number of hydrogen-bond acceptors (Lipinski definition) is 14. The van der Waals surface area contributed by atoms with Crippen molar-refractivity contribution in [3.63, 3.8) is 0 Å². The molecule has 0 saturated carbocycles. The van der Waals surface area contributed by atoms with Crippen molar-refractivity contribution in [2.75, 3.05) is 32.2 Å². The van der Waals surface area contributed by atoms with Crippen molar-refractivity contribution in [3.05, 3.63) is 59.7 Å². The van der Waals surface area contributed by atoms with Crippen LogP contribution < -0.4 is 49.1 Å². The van der Waals surface area contributed by atoms with E-state index in [1.807, 2.05) is 43.3 Å². The second-order valence-corrected chi connectivity index (χ2v) is 23.1. The third kappa shape index (κ3) is 24.4. The lowest BCUT2D eigenvalue weighted by Crippen LogP contribution is -2.60. The van der Waals surface area contributed by atoms with Crippen molar-refractivity contribution in [2.45, 2.75) is 155 Å². The Morgan fingerprint density at radius 2 is 1.33 bits per heavy atom. The average Bonchev–Trinajstić information content (AvgIpc) is 3.48. The summed E-state index contributed by atoms with van der Waals surface area (Å²) in [4.78, 5) is 142. The van der Waals surface area contributed by atoms with Gasteiger partial charge in [-0.3, -0.25) is 47.6 Å². The Bertz CT molecular complexity index is 2490. The van der Waals surface area contributed by atoms with Crippen LogP contribution in [0, 0.1) is 29.6 Å². The molecule has 458 valence electrons. The first-order valence-corrected chi connectivity index (χ1v) is 28.7. The predicted molar refractivity (Wildman–Crippen MR) is 306 cm³/mol. The monoisotopic (exact) mass is 1170 g/mol. The number of nitrogens with one attached hydrogen (secondary N) is 6. The fraction of sp³-hybridized carbons (Fsp3) is 0.618. The van der Waals surface area contributed by atoms with Gasteiger partial charge in [-0.1, -0.05) is 103 Å². The molecular formula is C55H87N11O15S. The van der Waals surface area contributed by atoms with Gasteiger partial charge in [0.25, 0.3) is 0 Å². The molecule has 0 bridgehead atoms. The largest absolute Gasteiger partial charge is 0.480 e. The minimum absolute atomic E-state index is 0.0103. The number of likely N-dealkylation sites (N-methyl/N-ethyl adjacent to an activating group) is 1. The molecule has 1 heterocycles. The van der Waals surface area contributed by atoms with Gasteiger partial charge in [0.05, 0.1) is 29.7 Å². The van der Waals surface area contributed by atoms with Gasteiger partial charge < -0.3 is 74.1 Å². The molecule has 0 aromatic heterocycles. The molecule has 27 heteroatoms. The van der Waals surface area contributed by atoms with Crippen LogP contribution in [0.5, 0.6) is 0 Å². The molecule has 0 spiro atoms. The maximum atomic E-state index is 14.5. The number of aliphatic imine (C=N–C) groups is 1. The van der Waals surface area contributed by atoms with E-state index in [2.05, 4.69) is 36.9 Å². The molecule has 15 N–H and O–H groups in total. The zero-order chi connectivity index (χ0) is 62.1. The van der Waals surface area contributed by atoms with Crippen molar-refractivity contribution >= 4 is 76.0 Å². The lowest BCUT2D eigenvalue weighted by molar-refractivity contribution is -0.146. The zero-order valence-corrected chi connectivity index (χ0v) is 49.4. The van der Waals surface area contributed by atoms with E-state index < -0.39 is 155 Å². The molecular weight excluding hydrogens is 1090 g/mol. The van der Waals surface area contributed by atoms with Crippen molar-refractivity contribution < 1.29 is 72.2 Å². The second-order valence-electron chi connectivity index (χ2n) is 21.6. The molecule has 1 aliphatic rings. The third-order valence-electron chi connectivity index (χ3n) is 13.7. The van der Waals surface area contributed by atoms with Gasteiger partial charge in [-0.25, -0.2) is 9.59 Å². The molecule has 13 atom stereocenters. The van der Waals surface area contributed by atoms with E-state index in [9.17, 15) is 67.5 Å². The number of nitrogens with two attached hydrogens (primary N) is 3. The zero-order valence-electron chi connectivity index (χ0n) is 48.5. The van der Waals surface area contributed by atoms with Crippen LogP contribution >= 0.6 is 0 Å². The summed E-state index contributed by atoms with van der Waals surface area (Å²) in [6.45, 7) is 13.2. The Hall–Kier alpha value is -7.26. The van der Waals surface area contributed by atoms with Crippen molar-refractivity contribution in [3.8, 4) is 0 Å². The lowest BCUT2D eigenvalue weighted by atomic mass is 9.94. The highest BCUT2D eigenvalue weighted by Crippen LogP contribution is 2.20. The highest BCUT2D eigenvalue weighted by molar-refractivity contribution is 7.85. The number of hydrogen-bond donors (Lipinski definition) is 12. The van der Waals surface area contributed by atoms with E-state index in [0.717, 1.165) is 17.5 Å². The molecule has 7 amide bonds. The molecule has 1 aromatic rings. The van der Waals surface area contributed by atoms with Gasteiger partial charge in [-0.05, 0) is 62.8 Å². The number of carboxylic acid groups (broad SMARTS) is 3. The topological polar surface area (TPSA) is 424 Å². The summed E-state index contributed by atoms with van der Waals surface area (Å²) in [5, 5.41) is 45.6. The van der Waals surface area contributed by atoms with Crippen molar-refractivity contribution in [1.82, 2.24) is 36.8 Å². The number of allylic oxidation sites excluding steroid dienone is 2. The molecule has 1 saturated heterocycles. The summed E-state index contributed by atoms with van der Waals surface area (Å²) in [7, 11) is 0.541. The Balaban J connectivity index is 2.89. The summed E-state index contributed by atoms with van der Waals surface area (Å²) in [6, 6.07) is -3.00. The molecule has 0 aliphatic carbocycles. The highest BCUT2D eigenvalue weighted by atomic mass is 32.2. The van der Waals surface area contributed by atoms with E-state index in [4.69, 9.17) is 21.9 Å². The Kier molecular flexibility index (Phi) is 30.1. The molecule has 1 fully saturated rings. The highest BCUT2D eigenvalue weighted by Gasteiger charge is 2.39. The summed E-state index contributed by atoms with van der Waals surface area (Å²) in [6.07, 6.45) is 3.95. The first-order chi connectivity index (χ1) is 38.4. The van der Waals surface area contributed by atoms with Gasteiger partial charge in [0.1, 0.15) is 42.3 Å². The van der Waals surface area contributed by atoms with E-state index >= 15 is 0 Å².